The lowest BCUT2D eigenvalue weighted by molar-refractivity contribution is 0.281. The summed E-state index contributed by atoms with van der Waals surface area (Å²) >= 11 is 0. The van der Waals surface area contributed by atoms with Crippen molar-refractivity contribution in [3.8, 4) is 0 Å². The standard InChI is InChI=1S/C10H19N/c1-4-11-5-8-9(6-11)10(8)7(2)3/h7-10H,4-6H2,1-3H3/t8-,9+,10?. The smallest absolute Gasteiger partial charge is 0.00158 e. The number of rotatable bonds is 2. The van der Waals surface area contributed by atoms with Crippen LogP contribution in [0.4, 0.5) is 0 Å². The van der Waals surface area contributed by atoms with Crippen LogP contribution in [0.5, 0.6) is 0 Å². The molecule has 11 heavy (non-hydrogen) atoms. The van der Waals surface area contributed by atoms with Gasteiger partial charge in [0.2, 0.25) is 0 Å². The first-order valence-electron chi connectivity index (χ1n) is 4.96. The fourth-order valence-corrected chi connectivity index (χ4v) is 2.91. The van der Waals surface area contributed by atoms with Gasteiger partial charge in [0.1, 0.15) is 0 Å². The van der Waals surface area contributed by atoms with Crippen molar-refractivity contribution in [2.75, 3.05) is 19.6 Å². The lowest BCUT2D eigenvalue weighted by Gasteiger charge is -2.17. The van der Waals surface area contributed by atoms with Gasteiger partial charge in [-0.3, -0.25) is 0 Å². The number of hydrogen-bond donors (Lipinski definition) is 0. The summed E-state index contributed by atoms with van der Waals surface area (Å²) in [4.78, 5) is 2.59. The van der Waals surface area contributed by atoms with E-state index in [1.165, 1.54) is 19.6 Å². The minimum Gasteiger partial charge on any atom is -0.303 e. The molecule has 0 N–H and O–H groups in total. The van der Waals surface area contributed by atoms with Crippen LogP contribution in [0.3, 0.4) is 0 Å². The molecule has 3 atom stereocenters. The van der Waals surface area contributed by atoms with E-state index in [0.717, 1.165) is 23.7 Å². The van der Waals surface area contributed by atoms with Crippen LogP contribution in [0.15, 0.2) is 0 Å². The van der Waals surface area contributed by atoms with E-state index in [0.29, 0.717) is 0 Å². The molecule has 2 rings (SSSR count). The summed E-state index contributed by atoms with van der Waals surface area (Å²) < 4.78 is 0. The maximum absolute atomic E-state index is 2.59. The Balaban J connectivity index is 1.86. The van der Waals surface area contributed by atoms with Crippen LogP contribution in [-0.2, 0) is 0 Å². The van der Waals surface area contributed by atoms with E-state index in [2.05, 4.69) is 25.7 Å². The Morgan fingerprint density at radius 1 is 1.27 bits per heavy atom. The zero-order valence-electron chi connectivity index (χ0n) is 7.88. The highest BCUT2D eigenvalue weighted by molar-refractivity contribution is 5.05. The van der Waals surface area contributed by atoms with E-state index in [1.54, 1.807) is 0 Å². The molecule has 0 spiro atoms. The zero-order valence-corrected chi connectivity index (χ0v) is 7.88. The Kier molecular flexibility index (Phi) is 1.71. The van der Waals surface area contributed by atoms with Crippen LogP contribution in [0, 0.1) is 23.7 Å². The maximum Gasteiger partial charge on any atom is 0.00158 e. The molecule has 0 aromatic rings. The van der Waals surface area contributed by atoms with Crippen LogP contribution in [0.1, 0.15) is 20.8 Å². The van der Waals surface area contributed by atoms with Crippen LogP contribution >= 0.6 is 0 Å². The predicted octanol–water partition coefficient (Wildman–Crippen LogP) is 1.84. The predicted molar refractivity (Wildman–Crippen MR) is 47.4 cm³/mol. The highest BCUT2D eigenvalue weighted by atomic mass is 15.2. The lowest BCUT2D eigenvalue weighted by Crippen LogP contribution is -2.24. The third-order valence-electron chi connectivity index (χ3n) is 3.55. The summed E-state index contributed by atoms with van der Waals surface area (Å²) in [6.07, 6.45) is 0. The quantitative estimate of drug-likeness (QED) is 0.585. The van der Waals surface area contributed by atoms with Crippen LogP contribution in [0.2, 0.25) is 0 Å². The van der Waals surface area contributed by atoms with E-state index in [9.17, 15) is 0 Å². The molecule has 1 heteroatoms. The summed E-state index contributed by atoms with van der Waals surface area (Å²) in [5.74, 6) is 4.17. The highest BCUT2D eigenvalue weighted by Gasteiger charge is 2.55. The Morgan fingerprint density at radius 2 is 1.82 bits per heavy atom. The van der Waals surface area contributed by atoms with Crippen molar-refractivity contribution in [2.24, 2.45) is 23.7 Å². The lowest BCUT2D eigenvalue weighted by atomic mass is 10.1. The SMILES string of the molecule is CCN1C[C@@H]2C(C(C)C)[C@@H]2C1. The zero-order chi connectivity index (χ0) is 8.01. The fourth-order valence-electron chi connectivity index (χ4n) is 2.91. The van der Waals surface area contributed by atoms with Gasteiger partial charge in [-0.25, -0.2) is 0 Å². The second-order valence-electron chi connectivity index (χ2n) is 4.50. The molecule has 0 amide bonds. The Labute approximate surface area is 69.8 Å². The molecule has 64 valence electrons. The molecule has 1 aliphatic carbocycles. The van der Waals surface area contributed by atoms with Gasteiger partial charge in [0.25, 0.3) is 0 Å². The van der Waals surface area contributed by atoms with Gasteiger partial charge in [0.05, 0.1) is 0 Å². The van der Waals surface area contributed by atoms with Gasteiger partial charge in [0.15, 0.2) is 0 Å². The van der Waals surface area contributed by atoms with Gasteiger partial charge in [-0.15, -0.1) is 0 Å². The van der Waals surface area contributed by atoms with Gasteiger partial charge < -0.3 is 4.90 Å². The van der Waals surface area contributed by atoms with E-state index in [4.69, 9.17) is 0 Å². The molecule has 0 aromatic heterocycles. The van der Waals surface area contributed by atoms with Crippen molar-refractivity contribution < 1.29 is 0 Å². The number of fused-ring (bicyclic) bond motifs is 1. The second kappa shape index (κ2) is 2.48. The average molecular weight is 153 g/mol. The van der Waals surface area contributed by atoms with Crippen molar-refractivity contribution in [3.63, 3.8) is 0 Å². The van der Waals surface area contributed by atoms with Crippen molar-refractivity contribution in [1.82, 2.24) is 4.90 Å². The molecular formula is C10H19N. The van der Waals surface area contributed by atoms with Gasteiger partial charge >= 0.3 is 0 Å². The number of piperidine rings is 1. The summed E-state index contributed by atoms with van der Waals surface area (Å²) in [7, 11) is 0. The number of nitrogens with zero attached hydrogens (tertiary/aromatic N) is 1. The van der Waals surface area contributed by atoms with E-state index in [1.807, 2.05) is 0 Å². The minimum atomic E-state index is 0.934. The van der Waals surface area contributed by atoms with Crippen LogP contribution in [0.25, 0.3) is 0 Å². The Morgan fingerprint density at radius 3 is 2.18 bits per heavy atom. The molecule has 0 bridgehead atoms. The largest absolute Gasteiger partial charge is 0.303 e. The molecule has 2 fully saturated rings. The first kappa shape index (κ1) is 7.60. The van der Waals surface area contributed by atoms with Crippen molar-refractivity contribution >= 4 is 0 Å². The minimum absolute atomic E-state index is 0.934. The summed E-state index contributed by atoms with van der Waals surface area (Å²) in [5, 5.41) is 0. The molecule has 0 aromatic carbocycles. The second-order valence-corrected chi connectivity index (χ2v) is 4.50. The van der Waals surface area contributed by atoms with Crippen molar-refractivity contribution in [2.45, 2.75) is 20.8 Å². The summed E-state index contributed by atoms with van der Waals surface area (Å²) in [6, 6.07) is 0. The summed E-state index contributed by atoms with van der Waals surface area (Å²) in [5.41, 5.74) is 0. The van der Waals surface area contributed by atoms with Crippen LogP contribution in [-0.4, -0.2) is 24.5 Å². The third-order valence-corrected chi connectivity index (χ3v) is 3.55. The van der Waals surface area contributed by atoms with Crippen LogP contribution < -0.4 is 0 Å². The normalized spacial score (nSPS) is 43.1. The topological polar surface area (TPSA) is 3.24 Å². The Hall–Kier alpha value is -0.0400. The van der Waals surface area contributed by atoms with Crippen molar-refractivity contribution in [3.05, 3.63) is 0 Å². The first-order chi connectivity index (χ1) is 5.24. The van der Waals surface area contributed by atoms with Gasteiger partial charge in [-0.2, -0.15) is 0 Å². The number of hydrogen-bond acceptors (Lipinski definition) is 1. The molecule has 2 aliphatic rings. The molecule has 0 radical (unpaired) electrons. The fraction of sp³-hybridized carbons (Fsp3) is 1.00. The Bertz CT molecular complexity index is 141. The van der Waals surface area contributed by atoms with Gasteiger partial charge in [-0.05, 0) is 30.2 Å². The molecule has 1 saturated carbocycles. The average Bonchev–Trinajstić information content (AvgIpc) is 2.48. The monoisotopic (exact) mass is 153 g/mol. The molecule has 1 saturated heterocycles. The van der Waals surface area contributed by atoms with Gasteiger partial charge in [-0.1, -0.05) is 20.8 Å². The molecule has 1 heterocycles. The maximum atomic E-state index is 2.59. The third kappa shape index (κ3) is 1.10. The van der Waals surface area contributed by atoms with E-state index >= 15 is 0 Å². The molecule has 1 unspecified atom stereocenters. The molecule has 1 nitrogen and oxygen atoms in total. The molecular weight excluding hydrogens is 134 g/mol. The first-order valence-corrected chi connectivity index (χ1v) is 4.96. The van der Waals surface area contributed by atoms with E-state index < -0.39 is 0 Å². The van der Waals surface area contributed by atoms with E-state index in [-0.39, 0.29) is 0 Å². The number of likely N-dealkylation sites (tertiary alicyclic amines) is 1. The summed E-state index contributed by atoms with van der Waals surface area (Å²) in [6.45, 7) is 11.1. The van der Waals surface area contributed by atoms with Crippen molar-refractivity contribution in [1.29, 1.82) is 0 Å². The highest BCUT2D eigenvalue weighted by Crippen LogP contribution is 2.55. The molecule has 1 aliphatic heterocycles. The van der Waals surface area contributed by atoms with Gasteiger partial charge in [0, 0.05) is 13.1 Å².